The maximum Gasteiger partial charge on any atom is 0.302 e. The molecule has 12 aliphatic rings. The van der Waals surface area contributed by atoms with E-state index < -0.39 is 59.4 Å². The van der Waals surface area contributed by atoms with Crippen LogP contribution in [-0.2, 0) is 16.0 Å². The number of hydrogen-bond donors (Lipinski definition) is 9. The maximum atomic E-state index is 13.2. The van der Waals surface area contributed by atoms with Gasteiger partial charge in [0.15, 0.2) is 23.7 Å². The van der Waals surface area contributed by atoms with Crippen molar-refractivity contribution < 1.29 is 39.8 Å². The van der Waals surface area contributed by atoms with Gasteiger partial charge in [-0.25, -0.2) is 4.99 Å². The molecular formula is C60H77N5O8S2. The van der Waals surface area contributed by atoms with Crippen LogP contribution in [0.2, 0.25) is 0 Å². The number of phenolic OH excluding ortho intramolecular Hbond substituents is 1. The van der Waals surface area contributed by atoms with Gasteiger partial charge in [-0.05, 0) is 149 Å². The van der Waals surface area contributed by atoms with Crippen molar-refractivity contribution in [2.45, 2.75) is 169 Å². The highest BCUT2D eigenvalue weighted by molar-refractivity contribution is 8.77. The number of hydrogen-bond acceptors (Lipinski definition) is 15. The van der Waals surface area contributed by atoms with Crippen LogP contribution in [0.5, 0.6) is 11.5 Å². The number of fused-ring (bicyclic) bond motifs is 4. The first-order valence-electron chi connectivity index (χ1n) is 28.6. The molecule has 1 saturated heterocycles. The molecule has 0 unspecified atom stereocenters. The number of nitrogens with two attached hydrogens (primary N) is 1. The lowest BCUT2D eigenvalue weighted by atomic mass is 9.33. The fraction of sp³-hybridized carbons (Fsp3) is 0.700. The van der Waals surface area contributed by atoms with Crippen LogP contribution in [0.4, 0.5) is 0 Å². The molecule has 1 aromatic carbocycles. The summed E-state index contributed by atoms with van der Waals surface area (Å²) in [7, 11) is 3.85. The minimum absolute atomic E-state index is 0.0386. The number of phenols is 1. The molecule has 5 fully saturated rings. The van der Waals surface area contributed by atoms with Gasteiger partial charge in [0.1, 0.15) is 12.2 Å². The topological polar surface area (TPSA) is 211 Å². The zero-order chi connectivity index (χ0) is 51.5. The van der Waals surface area contributed by atoms with E-state index >= 15 is 0 Å². The van der Waals surface area contributed by atoms with Crippen LogP contribution in [0.1, 0.15) is 127 Å². The van der Waals surface area contributed by atoms with E-state index in [0.717, 1.165) is 12.2 Å². The first-order chi connectivity index (χ1) is 36.2. The summed E-state index contributed by atoms with van der Waals surface area (Å²) < 4.78 is 13.0. The zero-order valence-electron chi connectivity index (χ0n) is 43.4. The Morgan fingerprint density at radius 1 is 1.01 bits per heavy atom. The standard InChI is InChI=1S/C60H77N5O8S2/c1-34(66)72-49-26-42(67)16-20-57-19-15-36-22-35-7-13-44(30-62-32-56(28-35)29-43(17-21-63-56)73-50-25-38(24-45(36)49)46(54(70)71)27-48(50)68)75-74-33-59(65-55(61)64-51(57)5-2-6-52(57)69)31-58-18-3-4-41(58)23-37-8-9-39-10-11-40-12-14-47(58)53(37)60(39,40)59/h2,5,12,14,23,25,27,35-36,39-45,47,49,51-54,62-63,67-71H,3-4,6,8-11,16-18,20-22,24,26,28-33H2,1H3,(H3,61,64,65)/t35-,36-,39+,40+,41+,42-,43+,44-,45-,47+,49-,51+,52+,53+,56+,57+,58-,59-,60-/m0/s1. The van der Waals surface area contributed by atoms with Crippen molar-refractivity contribution in [1.82, 2.24) is 16.0 Å². The predicted molar refractivity (Wildman–Crippen MR) is 291 cm³/mol. The Bertz CT molecular complexity index is 2710. The number of esters is 1. The van der Waals surface area contributed by atoms with Crippen molar-refractivity contribution in [3.63, 3.8) is 0 Å². The van der Waals surface area contributed by atoms with Crippen LogP contribution in [0.25, 0.3) is 0 Å². The number of carbonyl (C=O) groups is 1. The van der Waals surface area contributed by atoms with Crippen molar-refractivity contribution in [1.29, 1.82) is 0 Å². The molecule has 13 nitrogen and oxygen atoms in total. The lowest BCUT2D eigenvalue weighted by molar-refractivity contribution is -0.156. The van der Waals surface area contributed by atoms with Gasteiger partial charge >= 0.3 is 5.97 Å². The highest BCUT2D eigenvalue weighted by Gasteiger charge is 2.77. The SMILES string of the molecule is CC(=O)O[C@H]1C[C@@H](O)CC[C@]23C#C[C@H]4C[C@@H]5C#C[C@@H](CNC[C@@]6(C5)C[C@@H](CCN6)Oc5cc(c(C(O)O)cc5O)C[C@H]14)SSC[C@]1(C[C@@]45CCC[C@@H]4C=C4CC[C@@H]6CC[C@@H]7C=C[C@@H]5[C@@H]4[C@]671)NC(N)=N[C@@H]2C=CC[C@H]3O. The first-order valence-corrected chi connectivity index (χ1v) is 31.0. The van der Waals surface area contributed by atoms with Gasteiger partial charge in [-0.1, -0.05) is 87.6 Å². The monoisotopic (exact) mass is 1060 g/mol. The fourth-order valence-corrected chi connectivity index (χ4v) is 21.5. The molecule has 19 atom stereocenters. The molecule has 8 aliphatic carbocycles. The Kier molecular flexibility index (Phi) is 13.1. The number of aliphatic hydroxyl groups is 4. The summed E-state index contributed by atoms with van der Waals surface area (Å²) in [6.45, 7) is 3.41. The third kappa shape index (κ3) is 8.36. The minimum atomic E-state index is -1.93. The highest BCUT2D eigenvalue weighted by atomic mass is 33.1. The normalized spacial score (nSPS) is 46.2. The molecule has 12 bridgehead atoms. The number of aliphatic hydroxyl groups excluding tert-OH is 3. The van der Waals surface area contributed by atoms with Crippen LogP contribution in [-0.4, -0.2) is 110 Å². The number of ether oxygens (including phenoxy) is 2. The third-order valence-corrected chi connectivity index (χ3v) is 24.3. The smallest absolute Gasteiger partial charge is 0.302 e. The minimum Gasteiger partial charge on any atom is -0.504 e. The van der Waals surface area contributed by atoms with Gasteiger partial charge < -0.3 is 56.7 Å². The van der Waals surface area contributed by atoms with E-state index in [2.05, 4.69) is 63.9 Å². The number of piperidine rings is 1. The highest BCUT2D eigenvalue weighted by Crippen LogP contribution is 2.79. The summed E-state index contributed by atoms with van der Waals surface area (Å²) in [6, 6.07) is 2.42. The molecule has 0 amide bonds. The van der Waals surface area contributed by atoms with E-state index in [1.807, 2.05) is 27.7 Å². The fourth-order valence-electron chi connectivity index (χ4n) is 18.7. The number of rotatable bonds is 2. The number of nitrogens with one attached hydrogen (secondary N) is 3. The summed E-state index contributed by atoms with van der Waals surface area (Å²) in [5, 5.41) is 70.3. The van der Waals surface area contributed by atoms with Crippen LogP contribution < -0.4 is 26.4 Å². The van der Waals surface area contributed by atoms with Gasteiger partial charge in [0.05, 0.1) is 34.5 Å². The third-order valence-electron chi connectivity index (χ3n) is 21.5. The molecule has 5 spiro atoms. The lowest BCUT2D eigenvalue weighted by Gasteiger charge is -2.73. The number of allylic oxidation sites excluding steroid dienone is 4. The zero-order valence-corrected chi connectivity index (χ0v) is 45.0. The van der Waals surface area contributed by atoms with Crippen LogP contribution in [0.3, 0.4) is 0 Å². The average Bonchev–Trinajstić information content (AvgIpc) is 4.00. The second kappa shape index (κ2) is 19.3. The number of guanidine groups is 1. The molecule has 0 aromatic heterocycles. The molecule has 0 radical (unpaired) electrons. The van der Waals surface area contributed by atoms with Gasteiger partial charge in [0.25, 0.3) is 0 Å². The van der Waals surface area contributed by atoms with Crippen molar-refractivity contribution in [3.05, 3.63) is 59.2 Å². The lowest BCUT2D eigenvalue weighted by Crippen LogP contribution is -2.77. The Balaban J connectivity index is 1.01. The van der Waals surface area contributed by atoms with Gasteiger partial charge in [0, 0.05) is 72.9 Å². The molecule has 10 N–H and O–H groups in total. The molecule has 402 valence electrons. The largest absolute Gasteiger partial charge is 0.504 e. The van der Waals surface area contributed by atoms with E-state index in [9.17, 15) is 30.3 Å². The summed E-state index contributed by atoms with van der Waals surface area (Å²) in [5.41, 5.74) is 8.00. The summed E-state index contributed by atoms with van der Waals surface area (Å²) >= 11 is 0. The van der Waals surface area contributed by atoms with Crippen molar-refractivity contribution in [2.24, 2.45) is 74.3 Å². The van der Waals surface area contributed by atoms with Crippen molar-refractivity contribution in [2.75, 3.05) is 25.4 Å². The molecule has 13 rings (SSSR count). The van der Waals surface area contributed by atoms with Crippen LogP contribution in [0.15, 0.2) is 53.1 Å². The van der Waals surface area contributed by atoms with Crippen LogP contribution >= 0.6 is 21.6 Å². The second-order valence-electron chi connectivity index (χ2n) is 25.3. The Morgan fingerprint density at radius 2 is 1.91 bits per heavy atom. The quantitative estimate of drug-likeness (QED) is 0.0521. The van der Waals surface area contributed by atoms with Crippen LogP contribution in [0, 0.1) is 87.3 Å². The van der Waals surface area contributed by atoms with Gasteiger partial charge in [0.2, 0.25) is 0 Å². The number of aliphatic imine (C=N–C) groups is 1. The van der Waals surface area contributed by atoms with E-state index in [1.165, 1.54) is 57.9 Å². The van der Waals surface area contributed by atoms with E-state index in [-0.39, 0.29) is 70.0 Å². The number of carbonyl (C=O) groups excluding carboxylic acids is 1. The van der Waals surface area contributed by atoms with Crippen molar-refractivity contribution >= 4 is 33.5 Å². The summed E-state index contributed by atoms with van der Waals surface area (Å²) in [6.07, 6.45) is 20.5. The molecule has 4 heterocycles. The Morgan fingerprint density at radius 3 is 2.77 bits per heavy atom. The maximum absolute atomic E-state index is 13.2. The molecule has 4 aliphatic heterocycles. The number of nitrogens with zero attached hydrogens (tertiary/aromatic N) is 1. The van der Waals surface area contributed by atoms with Gasteiger partial charge in [-0.3, -0.25) is 4.79 Å². The van der Waals surface area contributed by atoms with E-state index in [4.69, 9.17) is 20.2 Å². The molecule has 4 saturated carbocycles. The first kappa shape index (κ1) is 50.8. The molecule has 1 aromatic rings. The van der Waals surface area contributed by atoms with E-state index in [0.29, 0.717) is 99.3 Å². The molecule has 75 heavy (non-hydrogen) atoms. The molecular weight excluding hydrogens is 983 g/mol. The van der Waals surface area contributed by atoms with E-state index in [1.54, 1.807) is 11.6 Å². The summed E-state index contributed by atoms with van der Waals surface area (Å²) in [5.74, 6) is 17.3. The van der Waals surface area contributed by atoms with Gasteiger partial charge in [-0.15, -0.1) is 0 Å². The Labute approximate surface area is 450 Å². The van der Waals surface area contributed by atoms with Gasteiger partial charge in [-0.2, -0.15) is 0 Å². The Hall–Kier alpha value is -3.64. The molecule has 15 heteroatoms. The second-order valence-corrected chi connectivity index (χ2v) is 27.9. The number of benzene rings is 1. The predicted octanol–water partition coefficient (Wildman–Crippen LogP) is 6.34. The summed E-state index contributed by atoms with van der Waals surface area (Å²) in [4.78, 5) is 18.8. The van der Waals surface area contributed by atoms with Crippen molar-refractivity contribution in [3.8, 4) is 35.2 Å². The average molecular weight is 1060 g/mol. The number of aromatic hydroxyl groups is 1.